The van der Waals surface area contributed by atoms with E-state index in [2.05, 4.69) is 34.3 Å². The molecule has 0 N–H and O–H groups in total. The molecule has 1 aromatic carbocycles. The number of carbonyl (C=O) groups is 1. The number of anilines is 1. The number of amides is 1. The molecule has 0 atom stereocenters. The topological polar surface area (TPSA) is 49.3 Å². The molecule has 0 unspecified atom stereocenters. The van der Waals surface area contributed by atoms with Crippen LogP contribution in [0.15, 0.2) is 47.5 Å². The van der Waals surface area contributed by atoms with Crippen LogP contribution in [0.4, 0.5) is 5.13 Å². The fourth-order valence-electron chi connectivity index (χ4n) is 2.96. The first-order valence-corrected chi connectivity index (χ1v) is 10.2. The third-order valence-corrected chi connectivity index (χ3v) is 6.16. The first-order chi connectivity index (χ1) is 12.3. The fourth-order valence-corrected chi connectivity index (χ4v) is 4.64. The van der Waals surface area contributed by atoms with Crippen molar-refractivity contribution in [2.45, 2.75) is 4.90 Å². The Morgan fingerprint density at radius 2 is 1.96 bits per heavy atom. The Morgan fingerprint density at radius 1 is 1.12 bits per heavy atom. The van der Waals surface area contributed by atoms with Gasteiger partial charge in [-0.3, -0.25) is 9.78 Å². The number of thioether (sulfide) groups is 1. The zero-order valence-electron chi connectivity index (χ0n) is 13.9. The summed E-state index contributed by atoms with van der Waals surface area (Å²) in [7, 11) is 0. The Labute approximate surface area is 154 Å². The van der Waals surface area contributed by atoms with E-state index in [1.165, 1.54) is 9.60 Å². The van der Waals surface area contributed by atoms with Gasteiger partial charge in [0.25, 0.3) is 5.91 Å². The number of fused-ring (bicyclic) bond motifs is 1. The average molecular weight is 371 g/mol. The Kier molecular flexibility index (Phi) is 4.59. The van der Waals surface area contributed by atoms with Crippen molar-refractivity contribution in [3.05, 3.63) is 48.3 Å². The normalized spacial score (nSPS) is 14.9. The van der Waals surface area contributed by atoms with Crippen LogP contribution in [0.1, 0.15) is 10.5 Å². The molecular weight excluding hydrogens is 352 g/mol. The maximum atomic E-state index is 12.5. The molecule has 7 heteroatoms. The van der Waals surface area contributed by atoms with Crippen molar-refractivity contribution in [1.82, 2.24) is 14.9 Å². The lowest BCUT2D eigenvalue weighted by Gasteiger charge is -2.34. The van der Waals surface area contributed by atoms with Crippen molar-refractivity contribution in [3.8, 4) is 0 Å². The van der Waals surface area contributed by atoms with Crippen molar-refractivity contribution in [1.29, 1.82) is 0 Å². The molecule has 0 saturated carbocycles. The van der Waals surface area contributed by atoms with Crippen LogP contribution in [0.25, 0.3) is 10.2 Å². The molecule has 0 bridgehead atoms. The number of hydrogen-bond acceptors (Lipinski definition) is 6. The van der Waals surface area contributed by atoms with Gasteiger partial charge in [0.05, 0.1) is 10.2 Å². The Bertz CT molecular complexity index is 888. The van der Waals surface area contributed by atoms with Gasteiger partial charge in [0.15, 0.2) is 5.13 Å². The molecule has 3 aromatic rings. The van der Waals surface area contributed by atoms with Gasteiger partial charge in [-0.1, -0.05) is 23.5 Å². The highest BCUT2D eigenvalue weighted by atomic mass is 32.2. The lowest BCUT2D eigenvalue weighted by Crippen LogP contribution is -2.49. The highest BCUT2D eigenvalue weighted by Crippen LogP contribution is 2.34. The minimum atomic E-state index is 0.00854. The summed E-state index contributed by atoms with van der Waals surface area (Å²) in [4.78, 5) is 26.9. The van der Waals surface area contributed by atoms with Gasteiger partial charge in [0.2, 0.25) is 0 Å². The van der Waals surface area contributed by atoms with E-state index in [0.29, 0.717) is 18.8 Å². The summed E-state index contributed by atoms with van der Waals surface area (Å²) in [5.74, 6) is 0.00854. The summed E-state index contributed by atoms with van der Waals surface area (Å²) in [5.41, 5.74) is 1.60. The Balaban J connectivity index is 1.48. The molecule has 3 heterocycles. The van der Waals surface area contributed by atoms with E-state index < -0.39 is 0 Å². The van der Waals surface area contributed by atoms with Gasteiger partial charge in [-0.05, 0) is 30.5 Å². The average Bonchev–Trinajstić information content (AvgIpc) is 3.12. The Hall–Kier alpha value is -2.12. The highest BCUT2D eigenvalue weighted by Gasteiger charge is 2.24. The molecule has 128 valence electrons. The number of para-hydroxylation sites is 1. The lowest BCUT2D eigenvalue weighted by molar-refractivity contribution is 0.0741. The molecule has 1 aliphatic rings. The predicted octanol–water partition coefficient (Wildman–Crippen LogP) is 3.38. The van der Waals surface area contributed by atoms with Crippen molar-refractivity contribution in [3.63, 3.8) is 0 Å². The van der Waals surface area contributed by atoms with E-state index in [1.54, 1.807) is 35.4 Å². The minimum Gasteiger partial charge on any atom is -0.345 e. The monoisotopic (exact) mass is 370 g/mol. The first-order valence-electron chi connectivity index (χ1n) is 8.15. The van der Waals surface area contributed by atoms with E-state index in [4.69, 9.17) is 4.98 Å². The molecule has 0 spiro atoms. The molecular formula is C18H18N4OS2. The second-order valence-electron chi connectivity index (χ2n) is 5.80. The van der Waals surface area contributed by atoms with Crippen LogP contribution >= 0.6 is 23.1 Å². The molecule has 1 aliphatic heterocycles. The van der Waals surface area contributed by atoms with Crippen LogP contribution in [0, 0.1) is 0 Å². The molecule has 5 nitrogen and oxygen atoms in total. The number of carbonyl (C=O) groups excluding carboxylic acids is 1. The fraction of sp³-hybridized carbons (Fsp3) is 0.278. The van der Waals surface area contributed by atoms with Crippen LogP contribution in [0.5, 0.6) is 0 Å². The maximum Gasteiger partial charge on any atom is 0.272 e. The van der Waals surface area contributed by atoms with Crippen molar-refractivity contribution < 1.29 is 4.79 Å². The standard InChI is InChI=1S/C18H18N4OS2/c1-24-14-6-4-7-15-16(14)20-18(25-15)22-11-9-21(10-12-22)17(23)13-5-2-3-8-19-13/h2-8H,9-12H2,1H3. The molecule has 1 amide bonds. The van der Waals surface area contributed by atoms with E-state index in [1.807, 2.05) is 17.0 Å². The largest absolute Gasteiger partial charge is 0.345 e. The van der Waals surface area contributed by atoms with E-state index in [-0.39, 0.29) is 5.91 Å². The number of nitrogens with zero attached hydrogens (tertiary/aromatic N) is 4. The van der Waals surface area contributed by atoms with Crippen molar-refractivity contribution in [2.24, 2.45) is 0 Å². The van der Waals surface area contributed by atoms with Gasteiger partial charge >= 0.3 is 0 Å². The Morgan fingerprint density at radius 3 is 2.68 bits per heavy atom. The van der Waals surface area contributed by atoms with Gasteiger partial charge in [-0.2, -0.15) is 0 Å². The van der Waals surface area contributed by atoms with Crippen molar-refractivity contribution in [2.75, 3.05) is 37.3 Å². The van der Waals surface area contributed by atoms with E-state index >= 15 is 0 Å². The summed E-state index contributed by atoms with van der Waals surface area (Å²) < 4.78 is 1.22. The van der Waals surface area contributed by atoms with Gasteiger partial charge < -0.3 is 9.80 Å². The van der Waals surface area contributed by atoms with Gasteiger partial charge in [0, 0.05) is 37.3 Å². The first kappa shape index (κ1) is 16.4. The van der Waals surface area contributed by atoms with Gasteiger partial charge in [-0.25, -0.2) is 4.98 Å². The summed E-state index contributed by atoms with van der Waals surface area (Å²) in [5, 5.41) is 1.04. The highest BCUT2D eigenvalue weighted by molar-refractivity contribution is 7.98. The van der Waals surface area contributed by atoms with Crippen LogP contribution in [-0.2, 0) is 0 Å². The smallest absolute Gasteiger partial charge is 0.272 e. The lowest BCUT2D eigenvalue weighted by atomic mass is 10.2. The summed E-state index contributed by atoms with van der Waals surface area (Å²) in [6.07, 6.45) is 3.74. The van der Waals surface area contributed by atoms with Crippen LogP contribution in [-0.4, -0.2) is 53.2 Å². The molecule has 1 saturated heterocycles. The van der Waals surface area contributed by atoms with Gasteiger partial charge in [-0.15, -0.1) is 11.8 Å². The van der Waals surface area contributed by atoms with Crippen molar-refractivity contribution >= 4 is 44.4 Å². The summed E-state index contributed by atoms with van der Waals surface area (Å²) in [6.45, 7) is 2.99. The molecule has 4 rings (SSSR count). The molecule has 2 aromatic heterocycles. The second kappa shape index (κ2) is 7.01. The SMILES string of the molecule is CSc1cccc2sc(N3CCN(C(=O)c4ccccn4)CC3)nc12. The number of benzene rings is 1. The predicted molar refractivity (Wildman–Crippen MR) is 104 cm³/mol. The van der Waals surface area contributed by atoms with Gasteiger partial charge in [0.1, 0.15) is 5.69 Å². The van der Waals surface area contributed by atoms with Crippen LogP contribution in [0.3, 0.4) is 0 Å². The third kappa shape index (κ3) is 3.21. The molecule has 0 aliphatic carbocycles. The summed E-state index contributed by atoms with van der Waals surface area (Å²) in [6, 6.07) is 11.8. The molecule has 1 fully saturated rings. The minimum absolute atomic E-state index is 0.00854. The maximum absolute atomic E-state index is 12.5. The number of rotatable bonds is 3. The zero-order valence-corrected chi connectivity index (χ0v) is 15.5. The molecule has 0 radical (unpaired) electrons. The van der Waals surface area contributed by atoms with E-state index in [0.717, 1.165) is 23.7 Å². The quantitative estimate of drug-likeness (QED) is 0.662. The van der Waals surface area contributed by atoms with Crippen LogP contribution < -0.4 is 4.90 Å². The van der Waals surface area contributed by atoms with Crippen LogP contribution in [0.2, 0.25) is 0 Å². The number of hydrogen-bond donors (Lipinski definition) is 0. The number of thiazole rings is 1. The second-order valence-corrected chi connectivity index (χ2v) is 7.65. The van der Waals surface area contributed by atoms with E-state index in [9.17, 15) is 4.79 Å². The number of aromatic nitrogens is 2. The number of piperazine rings is 1. The summed E-state index contributed by atoms with van der Waals surface area (Å²) >= 11 is 3.45. The third-order valence-electron chi connectivity index (χ3n) is 4.31. The number of pyridine rings is 1. The zero-order chi connectivity index (χ0) is 17.2. The molecule has 25 heavy (non-hydrogen) atoms.